The number of ether oxygens (including phenoxy) is 1. The summed E-state index contributed by atoms with van der Waals surface area (Å²) in [5, 5.41) is 5.61. The van der Waals surface area contributed by atoms with E-state index in [4.69, 9.17) is 16.3 Å². The van der Waals surface area contributed by atoms with Gasteiger partial charge in [0.25, 0.3) is 5.91 Å². The van der Waals surface area contributed by atoms with Gasteiger partial charge in [0, 0.05) is 45.9 Å². The average molecular weight is 397 g/mol. The summed E-state index contributed by atoms with van der Waals surface area (Å²) in [6, 6.07) is 15.5. The molecule has 6 heteroatoms. The van der Waals surface area contributed by atoms with Crippen molar-refractivity contribution in [1.82, 2.24) is 10.3 Å². The lowest BCUT2D eigenvalue weighted by Gasteiger charge is -2.07. The number of hydrogen-bond donors (Lipinski definition) is 1. The summed E-state index contributed by atoms with van der Waals surface area (Å²) in [6.45, 7) is 0.931. The van der Waals surface area contributed by atoms with Crippen LogP contribution in [0.5, 0.6) is 0 Å². The van der Waals surface area contributed by atoms with Crippen molar-refractivity contribution < 1.29 is 9.53 Å². The molecule has 0 aliphatic carbocycles. The zero-order chi connectivity index (χ0) is 18.8. The fraction of sp³-hybridized carbons (Fsp3) is 0.143. The fourth-order valence-corrected chi connectivity index (χ4v) is 4.46. The molecule has 4 aromatic rings. The standard InChI is InChI=1S/C21H17ClN2O2S/c1-26-11-10-23-21(25)20-18(13-6-8-14(22)9-7-13)16-12-24-17-5-3-2-4-15(17)19(16)27-20/h2-9,12H,10-11H2,1H3,(H,23,25). The van der Waals surface area contributed by atoms with Crippen LogP contribution in [0.2, 0.25) is 5.02 Å². The third-order valence-corrected chi connectivity index (χ3v) is 5.85. The first kappa shape index (κ1) is 17.9. The first-order valence-corrected chi connectivity index (χ1v) is 9.72. The Hall–Kier alpha value is -2.47. The number of fused-ring (bicyclic) bond motifs is 3. The van der Waals surface area contributed by atoms with Crippen molar-refractivity contribution in [2.24, 2.45) is 0 Å². The summed E-state index contributed by atoms with van der Waals surface area (Å²) in [4.78, 5) is 18.1. The number of carbonyl (C=O) groups is 1. The summed E-state index contributed by atoms with van der Waals surface area (Å²) in [7, 11) is 1.61. The van der Waals surface area contributed by atoms with Crippen molar-refractivity contribution in [1.29, 1.82) is 0 Å². The predicted octanol–water partition coefficient (Wildman–Crippen LogP) is 5.15. The van der Waals surface area contributed by atoms with Gasteiger partial charge in [0.2, 0.25) is 0 Å². The van der Waals surface area contributed by atoms with E-state index in [1.165, 1.54) is 11.3 Å². The van der Waals surface area contributed by atoms with Crippen LogP contribution in [0.25, 0.3) is 32.1 Å². The molecule has 0 bridgehead atoms. The SMILES string of the molecule is COCCNC(=O)c1sc2c(cnc3ccccc32)c1-c1ccc(Cl)cc1. The van der Waals surface area contributed by atoms with Gasteiger partial charge in [-0.15, -0.1) is 11.3 Å². The number of amides is 1. The predicted molar refractivity (Wildman–Crippen MR) is 112 cm³/mol. The molecule has 136 valence electrons. The Kier molecular flexibility index (Phi) is 5.07. The number of aromatic nitrogens is 1. The number of halogens is 1. The highest BCUT2D eigenvalue weighted by molar-refractivity contribution is 7.22. The molecule has 4 nitrogen and oxygen atoms in total. The third-order valence-electron chi connectivity index (χ3n) is 4.36. The van der Waals surface area contributed by atoms with E-state index in [9.17, 15) is 4.79 Å². The number of nitrogens with one attached hydrogen (secondary N) is 1. The molecular formula is C21H17ClN2O2S. The van der Waals surface area contributed by atoms with Gasteiger partial charge in [-0.3, -0.25) is 9.78 Å². The second kappa shape index (κ2) is 7.64. The maximum absolute atomic E-state index is 12.9. The average Bonchev–Trinajstić information content (AvgIpc) is 3.09. The topological polar surface area (TPSA) is 51.2 Å². The Labute approximate surface area is 165 Å². The molecular weight excluding hydrogens is 380 g/mol. The smallest absolute Gasteiger partial charge is 0.262 e. The van der Waals surface area contributed by atoms with Gasteiger partial charge >= 0.3 is 0 Å². The second-order valence-corrected chi connectivity index (χ2v) is 7.54. The van der Waals surface area contributed by atoms with E-state index in [0.29, 0.717) is 23.1 Å². The van der Waals surface area contributed by atoms with Gasteiger partial charge in [-0.1, -0.05) is 41.9 Å². The van der Waals surface area contributed by atoms with Crippen LogP contribution in [0, 0.1) is 0 Å². The van der Waals surface area contributed by atoms with Crippen LogP contribution in [-0.4, -0.2) is 31.2 Å². The van der Waals surface area contributed by atoms with Gasteiger partial charge in [-0.25, -0.2) is 0 Å². The van der Waals surface area contributed by atoms with Crippen LogP contribution in [0.3, 0.4) is 0 Å². The number of benzene rings is 2. The van der Waals surface area contributed by atoms with Crippen molar-refractivity contribution in [2.45, 2.75) is 0 Å². The van der Waals surface area contributed by atoms with E-state index in [-0.39, 0.29) is 5.91 Å². The highest BCUT2D eigenvalue weighted by atomic mass is 35.5. The molecule has 0 aliphatic heterocycles. The molecule has 4 rings (SSSR count). The van der Waals surface area contributed by atoms with Crippen molar-refractivity contribution in [3.63, 3.8) is 0 Å². The number of thiophene rings is 1. The van der Waals surface area contributed by atoms with E-state index in [1.54, 1.807) is 7.11 Å². The molecule has 0 atom stereocenters. The zero-order valence-electron chi connectivity index (χ0n) is 14.7. The molecule has 0 saturated carbocycles. The molecule has 27 heavy (non-hydrogen) atoms. The number of para-hydroxylation sites is 1. The van der Waals surface area contributed by atoms with Crippen LogP contribution in [0.15, 0.2) is 54.7 Å². The van der Waals surface area contributed by atoms with Gasteiger partial charge in [0.15, 0.2) is 0 Å². The van der Waals surface area contributed by atoms with E-state index < -0.39 is 0 Å². The minimum Gasteiger partial charge on any atom is -0.383 e. The molecule has 0 unspecified atom stereocenters. The first-order valence-electron chi connectivity index (χ1n) is 8.52. The van der Waals surface area contributed by atoms with Gasteiger partial charge < -0.3 is 10.1 Å². The normalized spacial score (nSPS) is 11.2. The van der Waals surface area contributed by atoms with E-state index >= 15 is 0 Å². The lowest BCUT2D eigenvalue weighted by atomic mass is 10.0. The van der Waals surface area contributed by atoms with Crippen molar-refractivity contribution in [2.75, 3.05) is 20.3 Å². The largest absolute Gasteiger partial charge is 0.383 e. The highest BCUT2D eigenvalue weighted by Gasteiger charge is 2.21. The Morgan fingerprint density at radius 1 is 1.15 bits per heavy atom. The number of rotatable bonds is 5. The minimum absolute atomic E-state index is 0.109. The quantitative estimate of drug-likeness (QED) is 0.475. The summed E-state index contributed by atoms with van der Waals surface area (Å²) in [5.74, 6) is -0.109. The first-order chi connectivity index (χ1) is 13.2. The summed E-state index contributed by atoms with van der Waals surface area (Å²) < 4.78 is 6.09. The molecule has 0 radical (unpaired) electrons. The lowest BCUT2D eigenvalue weighted by Crippen LogP contribution is -2.26. The summed E-state index contributed by atoms with van der Waals surface area (Å²) >= 11 is 7.55. The Morgan fingerprint density at radius 3 is 2.70 bits per heavy atom. The van der Waals surface area contributed by atoms with Gasteiger partial charge in [0.1, 0.15) is 4.88 Å². The number of carbonyl (C=O) groups excluding carboxylic acids is 1. The molecule has 0 spiro atoms. The van der Waals surface area contributed by atoms with Crippen molar-refractivity contribution in [3.05, 3.63) is 64.6 Å². The molecule has 2 heterocycles. The molecule has 0 aliphatic rings. The Balaban J connectivity index is 1.93. The van der Waals surface area contributed by atoms with Crippen LogP contribution in [-0.2, 0) is 4.74 Å². The van der Waals surface area contributed by atoms with E-state index in [2.05, 4.69) is 10.3 Å². The summed E-state index contributed by atoms with van der Waals surface area (Å²) in [6.07, 6.45) is 1.85. The highest BCUT2D eigenvalue weighted by Crippen LogP contribution is 2.41. The molecule has 0 saturated heterocycles. The number of nitrogens with zero attached hydrogens (tertiary/aromatic N) is 1. The summed E-state index contributed by atoms with van der Waals surface area (Å²) in [5.41, 5.74) is 2.75. The van der Waals surface area contributed by atoms with Crippen molar-refractivity contribution >= 4 is 49.8 Å². The van der Waals surface area contributed by atoms with Gasteiger partial charge in [-0.2, -0.15) is 0 Å². The molecule has 1 N–H and O–H groups in total. The van der Waals surface area contributed by atoms with Gasteiger partial charge in [-0.05, 0) is 23.8 Å². The van der Waals surface area contributed by atoms with Crippen LogP contribution in [0.4, 0.5) is 0 Å². The number of hydrogen-bond acceptors (Lipinski definition) is 4. The van der Waals surface area contributed by atoms with Gasteiger partial charge in [0.05, 0.1) is 12.1 Å². The molecule has 2 aromatic carbocycles. The Bertz CT molecular complexity index is 1120. The monoisotopic (exact) mass is 396 g/mol. The molecule has 2 aromatic heterocycles. The molecule has 0 fully saturated rings. The fourth-order valence-electron chi connectivity index (χ4n) is 3.09. The van der Waals surface area contributed by atoms with Crippen LogP contribution < -0.4 is 5.32 Å². The third kappa shape index (κ3) is 3.41. The minimum atomic E-state index is -0.109. The number of pyridine rings is 1. The lowest BCUT2D eigenvalue weighted by molar-refractivity contribution is 0.0942. The van der Waals surface area contributed by atoms with E-state index in [0.717, 1.165) is 32.1 Å². The number of methoxy groups -OCH3 is 1. The maximum Gasteiger partial charge on any atom is 0.262 e. The second-order valence-electron chi connectivity index (χ2n) is 6.08. The Morgan fingerprint density at radius 2 is 1.93 bits per heavy atom. The van der Waals surface area contributed by atoms with E-state index in [1.807, 2.05) is 54.7 Å². The van der Waals surface area contributed by atoms with Crippen molar-refractivity contribution in [3.8, 4) is 11.1 Å². The maximum atomic E-state index is 12.9. The zero-order valence-corrected chi connectivity index (χ0v) is 16.2. The molecule has 1 amide bonds. The van der Waals surface area contributed by atoms with Crippen LogP contribution in [0.1, 0.15) is 9.67 Å². The van der Waals surface area contributed by atoms with Crippen LogP contribution >= 0.6 is 22.9 Å².